The van der Waals surface area contributed by atoms with Gasteiger partial charge in [0.15, 0.2) is 0 Å². The quantitative estimate of drug-likeness (QED) is 0.515. The summed E-state index contributed by atoms with van der Waals surface area (Å²) in [6, 6.07) is 0. The zero-order valence-electron chi connectivity index (χ0n) is 7.66. The number of hydrogen-bond donors (Lipinski definition) is 0. The summed E-state index contributed by atoms with van der Waals surface area (Å²) in [5.41, 5.74) is 1.65. The molecule has 0 heteroatoms. The fourth-order valence-electron chi connectivity index (χ4n) is 2.14. The molecule has 0 fully saturated rings. The second-order valence-corrected chi connectivity index (χ2v) is 3.73. The van der Waals surface area contributed by atoms with E-state index in [1.54, 1.807) is 5.57 Å². The third-order valence-corrected chi connectivity index (χ3v) is 2.98. The Hall–Kier alpha value is -0.780. The molecule has 0 spiro atoms. The van der Waals surface area contributed by atoms with Gasteiger partial charge in [0.2, 0.25) is 0 Å². The summed E-state index contributed by atoms with van der Waals surface area (Å²) in [5.74, 6) is 1.50. The van der Waals surface area contributed by atoms with Crippen LogP contribution in [0.2, 0.25) is 0 Å². The fraction of sp³-hybridized carbons (Fsp3) is 0.500. The highest BCUT2D eigenvalue weighted by atomic mass is 14.3. The Kier molecular flexibility index (Phi) is 2.16. The summed E-state index contributed by atoms with van der Waals surface area (Å²) in [5, 5.41) is 0. The van der Waals surface area contributed by atoms with Crippen LogP contribution in [0.1, 0.15) is 26.2 Å². The molecule has 12 heavy (non-hydrogen) atoms. The lowest BCUT2D eigenvalue weighted by molar-refractivity contribution is 0.475. The highest BCUT2D eigenvalue weighted by molar-refractivity contribution is 5.23. The number of fused-ring (bicyclic) bond motifs is 1. The number of allylic oxidation sites excluding steroid dienone is 6. The van der Waals surface area contributed by atoms with Crippen molar-refractivity contribution in [2.24, 2.45) is 11.8 Å². The van der Waals surface area contributed by atoms with Gasteiger partial charge in [-0.2, -0.15) is 0 Å². The molecule has 0 saturated carbocycles. The molecule has 0 amide bonds. The molecule has 0 aromatic rings. The minimum atomic E-state index is 0.707. The molecule has 2 aliphatic carbocycles. The van der Waals surface area contributed by atoms with E-state index in [1.807, 2.05) is 0 Å². The van der Waals surface area contributed by atoms with Crippen molar-refractivity contribution >= 4 is 0 Å². The molecule has 0 N–H and O–H groups in total. The average Bonchev–Trinajstić information content (AvgIpc) is 2.17. The minimum absolute atomic E-state index is 0.707. The van der Waals surface area contributed by atoms with Gasteiger partial charge in [-0.15, -0.1) is 0 Å². The molecule has 2 rings (SSSR count). The van der Waals surface area contributed by atoms with Crippen molar-refractivity contribution in [2.45, 2.75) is 26.2 Å². The number of hydrogen-bond acceptors (Lipinski definition) is 0. The minimum Gasteiger partial charge on any atom is -0.0805 e. The van der Waals surface area contributed by atoms with E-state index in [4.69, 9.17) is 0 Å². The standard InChI is InChI=1S/C12H16/c1-2-10-7-8-11-5-3-4-6-12(11)9-10/h3-6,9,11-12H,2,7-8H2,1H3. The second-order valence-electron chi connectivity index (χ2n) is 3.73. The summed E-state index contributed by atoms with van der Waals surface area (Å²) in [6.07, 6.45) is 15.4. The smallest absolute Gasteiger partial charge is 0.00154 e. The molecular weight excluding hydrogens is 144 g/mol. The first-order valence-electron chi connectivity index (χ1n) is 4.94. The van der Waals surface area contributed by atoms with Crippen LogP contribution in [0, 0.1) is 11.8 Å². The largest absolute Gasteiger partial charge is 0.0805 e. The highest BCUT2D eigenvalue weighted by Crippen LogP contribution is 2.33. The second kappa shape index (κ2) is 3.30. The normalized spacial score (nSPS) is 32.9. The van der Waals surface area contributed by atoms with E-state index < -0.39 is 0 Å². The van der Waals surface area contributed by atoms with Gasteiger partial charge >= 0.3 is 0 Å². The van der Waals surface area contributed by atoms with Crippen molar-refractivity contribution in [2.75, 3.05) is 0 Å². The summed E-state index contributed by atoms with van der Waals surface area (Å²) in [4.78, 5) is 0. The van der Waals surface area contributed by atoms with Crippen LogP contribution in [-0.2, 0) is 0 Å². The third-order valence-electron chi connectivity index (χ3n) is 2.98. The van der Waals surface area contributed by atoms with Crippen LogP contribution in [0.5, 0.6) is 0 Å². The lowest BCUT2D eigenvalue weighted by Crippen LogP contribution is -2.15. The zero-order valence-corrected chi connectivity index (χ0v) is 7.66. The van der Waals surface area contributed by atoms with E-state index >= 15 is 0 Å². The summed E-state index contributed by atoms with van der Waals surface area (Å²) >= 11 is 0. The van der Waals surface area contributed by atoms with E-state index in [0.717, 1.165) is 5.92 Å². The number of rotatable bonds is 1. The predicted octanol–water partition coefficient (Wildman–Crippen LogP) is 3.48. The van der Waals surface area contributed by atoms with Gasteiger partial charge in [-0.3, -0.25) is 0 Å². The van der Waals surface area contributed by atoms with Crippen molar-refractivity contribution in [3.05, 3.63) is 36.0 Å². The molecule has 0 aliphatic heterocycles. The van der Waals surface area contributed by atoms with Crippen LogP contribution in [-0.4, -0.2) is 0 Å². The molecule has 0 saturated heterocycles. The van der Waals surface area contributed by atoms with E-state index in [1.165, 1.54) is 19.3 Å². The van der Waals surface area contributed by atoms with Crippen molar-refractivity contribution in [1.29, 1.82) is 0 Å². The topological polar surface area (TPSA) is 0 Å². The molecule has 0 aromatic carbocycles. The van der Waals surface area contributed by atoms with Crippen LogP contribution >= 0.6 is 0 Å². The highest BCUT2D eigenvalue weighted by Gasteiger charge is 2.20. The summed E-state index contributed by atoms with van der Waals surface area (Å²) < 4.78 is 0. The Bertz CT molecular complexity index is 243. The average molecular weight is 160 g/mol. The van der Waals surface area contributed by atoms with Gasteiger partial charge in [0.05, 0.1) is 0 Å². The SMILES string of the molecule is CCC1=CC2C=CC=CC2CC1. The Morgan fingerprint density at radius 3 is 3.00 bits per heavy atom. The first-order valence-corrected chi connectivity index (χ1v) is 4.94. The first-order chi connectivity index (χ1) is 5.90. The lowest BCUT2D eigenvalue weighted by atomic mass is 9.78. The molecule has 2 atom stereocenters. The lowest BCUT2D eigenvalue weighted by Gasteiger charge is -2.27. The van der Waals surface area contributed by atoms with Crippen LogP contribution in [0.4, 0.5) is 0 Å². The maximum atomic E-state index is 2.47. The van der Waals surface area contributed by atoms with Gasteiger partial charge in [-0.05, 0) is 25.2 Å². The van der Waals surface area contributed by atoms with Crippen molar-refractivity contribution < 1.29 is 0 Å². The van der Waals surface area contributed by atoms with Crippen LogP contribution in [0.15, 0.2) is 36.0 Å². The molecule has 2 unspecified atom stereocenters. The summed E-state index contributed by atoms with van der Waals surface area (Å²) in [6.45, 7) is 2.26. The molecule has 0 radical (unpaired) electrons. The molecule has 0 bridgehead atoms. The van der Waals surface area contributed by atoms with E-state index in [9.17, 15) is 0 Å². The van der Waals surface area contributed by atoms with Gasteiger partial charge < -0.3 is 0 Å². The van der Waals surface area contributed by atoms with Crippen molar-refractivity contribution in [3.63, 3.8) is 0 Å². The monoisotopic (exact) mass is 160 g/mol. The Morgan fingerprint density at radius 2 is 2.17 bits per heavy atom. The third kappa shape index (κ3) is 1.38. The van der Waals surface area contributed by atoms with Crippen LogP contribution in [0.25, 0.3) is 0 Å². The molecule has 64 valence electrons. The Morgan fingerprint density at radius 1 is 1.33 bits per heavy atom. The van der Waals surface area contributed by atoms with E-state index in [-0.39, 0.29) is 0 Å². The van der Waals surface area contributed by atoms with E-state index in [2.05, 4.69) is 37.3 Å². The van der Waals surface area contributed by atoms with Gasteiger partial charge in [0.1, 0.15) is 0 Å². The van der Waals surface area contributed by atoms with Gasteiger partial charge in [-0.25, -0.2) is 0 Å². The molecule has 0 nitrogen and oxygen atoms in total. The van der Waals surface area contributed by atoms with Crippen molar-refractivity contribution in [3.8, 4) is 0 Å². The van der Waals surface area contributed by atoms with Crippen LogP contribution in [0.3, 0.4) is 0 Å². The van der Waals surface area contributed by atoms with E-state index in [0.29, 0.717) is 5.92 Å². The summed E-state index contributed by atoms with van der Waals surface area (Å²) in [7, 11) is 0. The predicted molar refractivity (Wildman–Crippen MR) is 52.9 cm³/mol. The van der Waals surface area contributed by atoms with Crippen molar-refractivity contribution in [1.82, 2.24) is 0 Å². The Labute approximate surface area is 74.7 Å². The zero-order chi connectivity index (χ0) is 8.39. The van der Waals surface area contributed by atoms with Gasteiger partial charge in [-0.1, -0.05) is 42.9 Å². The molecule has 0 heterocycles. The van der Waals surface area contributed by atoms with Gasteiger partial charge in [0.25, 0.3) is 0 Å². The maximum Gasteiger partial charge on any atom is 0.00154 e. The molecule has 0 aromatic heterocycles. The van der Waals surface area contributed by atoms with Crippen LogP contribution < -0.4 is 0 Å². The first kappa shape index (κ1) is 7.85. The van der Waals surface area contributed by atoms with Gasteiger partial charge in [0, 0.05) is 5.92 Å². The fourth-order valence-corrected chi connectivity index (χ4v) is 2.14. The Balaban J connectivity index is 2.17. The molecule has 2 aliphatic rings. The molecular formula is C12H16. The maximum absolute atomic E-state index is 2.47.